The average molecular weight is 1140 g/mol. The first-order valence-electron chi connectivity index (χ1n) is 33.9. The Kier molecular flexibility index (Phi) is 59.5. The van der Waals surface area contributed by atoms with Crippen LogP contribution in [0.25, 0.3) is 0 Å². The summed E-state index contributed by atoms with van der Waals surface area (Å²) in [4.78, 5) is 25.6. The molecule has 0 saturated heterocycles. The Morgan fingerprint density at radius 3 is 1.11 bits per heavy atom. The van der Waals surface area contributed by atoms with E-state index in [2.05, 4.69) is 92.1 Å². The molecule has 0 heterocycles. The monoisotopic (exact) mass is 1140 g/mol. The molecule has 0 aliphatic rings. The van der Waals surface area contributed by atoms with E-state index in [1.165, 1.54) is 199 Å². The van der Waals surface area contributed by atoms with Gasteiger partial charge in [0.15, 0.2) is 0 Å². The topological polar surface area (TPSA) is 108 Å². The standard InChI is InChI=1S/C71H131N2O6P/c1-6-8-10-12-14-16-18-20-22-24-26-28-30-32-34-35-36-37-39-40-42-44-46-48-50-52-54-56-58-60-62-64-70(74)69(68-79-80(76,77)78-67-66-73(3,4)5)72-71(75)65-63-61-59-57-55-53-51-49-47-45-43-41-38-33-31-29-27-25-23-21-19-17-15-13-11-9-7-2/h9,11,15,17,21,23,27,29,33,38,43,45,62,64,69-70,74H,6-8,10,12-14,16,18-20,22,24-26,28,30-32,34-37,39-42,44,46-61,63,65-68H2,1-5H3,(H-,72,75,76,77)/b11-9-,17-15-,23-21-,29-27-,38-33-,45-43-,64-62+. The van der Waals surface area contributed by atoms with Crippen molar-refractivity contribution in [2.24, 2.45) is 0 Å². The maximum absolute atomic E-state index is 13.0. The smallest absolute Gasteiger partial charge is 0.268 e. The maximum Gasteiger partial charge on any atom is 0.268 e. The van der Waals surface area contributed by atoms with Gasteiger partial charge in [0.2, 0.25) is 5.91 Å². The Morgan fingerprint density at radius 1 is 0.450 bits per heavy atom. The Hall–Kier alpha value is -2.32. The van der Waals surface area contributed by atoms with Crippen molar-refractivity contribution in [3.63, 3.8) is 0 Å². The lowest BCUT2D eigenvalue weighted by atomic mass is 10.0. The summed E-state index contributed by atoms with van der Waals surface area (Å²) in [7, 11) is 1.25. The normalized spacial score (nSPS) is 14.2. The second-order valence-corrected chi connectivity index (χ2v) is 25.6. The van der Waals surface area contributed by atoms with E-state index in [1.54, 1.807) is 6.08 Å². The first kappa shape index (κ1) is 77.7. The van der Waals surface area contributed by atoms with Gasteiger partial charge in [0, 0.05) is 6.42 Å². The van der Waals surface area contributed by atoms with Crippen LogP contribution in [0.4, 0.5) is 0 Å². The number of nitrogens with zero attached hydrogens (tertiary/aromatic N) is 1. The minimum absolute atomic E-state index is 0.00618. The van der Waals surface area contributed by atoms with Gasteiger partial charge in [-0.3, -0.25) is 9.36 Å². The van der Waals surface area contributed by atoms with Gasteiger partial charge in [-0.25, -0.2) is 0 Å². The predicted octanol–water partition coefficient (Wildman–Crippen LogP) is 20.9. The third kappa shape index (κ3) is 63.3. The molecule has 80 heavy (non-hydrogen) atoms. The van der Waals surface area contributed by atoms with Crippen molar-refractivity contribution in [3.8, 4) is 0 Å². The Balaban J connectivity index is 4.13. The molecule has 1 amide bonds. The number of carbonyl (C=O) groups excluding carboxylic acids is 1. The number of nitrogens with one attached hydrogen (secondary N) is 1. The summed E-state index contributed by atoms with van der Waals surface area (Å²) in [5.41, 5.74) is 0. The minimum atomic E-state index is -4.61. The molecule has 0 saturated carbocycles. The maximum atomic E-state index is 13.0. The molecule has 0 aromatic heterocycles. The number of aliphatic hydroxyl groups excluding tert-OH is 1. The van der Waals surface area contributed by atoms with Crippen molar-refractivity contribution < 1.29 is 32.9 Å². The van der Waals surface area contributed by atoms with Crippen LogP contribution in [0.5, 0.6) is 0 Å². The molecule has 0 bridgehead atoms. The lowest BCUT2D eigenvalue weighted by Gasteiger charge is -2.29. The number of aliphatic hydroxyl groups is 1. The van der Waals surface area contributed by atoms with Gasteiger partial charge in [-0.1, -0.05) is 317 Å². The average Bonchev–Trinajstić information content (AvgIpc) is 3.42. The number of likely N-dealkylation sites (N-methyl/N-ethyl adjacent to an activating group) is 1. The highest BCUT2D eigenvalue weighted by atomic mass is 31.2. The molecular weight excluding hydrogens is 1010 g/mol. The zero-order valence-electron chi connectivity index (χ0n) is 53.3. The molecule has 0 aromatic carbocycles. The quantitative estimate of drug-likeness (QED) is 0.0272. The molecular formula is C71H131N2O6P. The van der Waals surface area contributed by atoms with Gasteiger partial charge in [0.05, 0.1) is 39.9 Å². The van der Waals surface area contributed by atoms with Crippen molar-refractivity contribution in [1.29, 1.82) is 0 Å². The van der Waals surface area contributed by atoms with Crippen molar-refractivity contribution in [2.45, 2.75) is 321 Å². The van der Waals surface area contributed by atoms with Crippen LogP contribution in [0.1, 0.15) is 309 Å². The third-order valence-corrected chi connectivity index (χ3v) is 16.1. The fourth-order valence-corrected chi connectivity index (χ4v) is 10.6. The van der Waals surface area contributed by atoms with Gasteiger partial charge in [-0.15, -0.1) is 0 Å². The van der Waals surface area contributed by atoms with Gasteiger partial charge in [0.25, 0.3) is 7.82 Å². The molecule has 0 radical (unpaired) electrons. The number of phosphoric acid groups is 1. The molecule has 0 aromatic rings. The van der Waals surface area contributed by atoms with E-state index in [-0.39, 0.29) is 19.1 Å². The number of hydrogen-bond acceptors (Lipinski definition) is 6. The molecule has 0 fully saturated rings. The Morgan fingerprint density at radius 2 is 0.762 bits per heavy atom. The fourth-order valence-electron chi connectivity index (χ4n) is 9.87. The summed E-state index contributed by atoms with van der Waals surface area (Å²) < 4.78 is 23.4. The van der Waals surface area contributed by atoms with E-state index < -0.39 is 20.0 Å². The van der Waals surface area contributed by atoms with E-state index in [0.717, 1.165) is 89.9 Å². The van der Waals surface area contributed by atoms with Crippen molar-refractivity contribution >= 4 is 13.7 Å². The SMILES string of the molecule is CC/C=C\C/C=C\C/C=C\C/C=C\C/C=C\C/C=C\CCCCCCCCCCC(=O)NC(COP(=O)([O-])OCC[N+](C)(C)C)C(O)/C=C/CCCCCCCCCCCCCCCCCCCCCCCCCCCCCCC. The third-order valence-electron chi connectivity index (χ3n) is 15.1. The van der Waals surface area contributed by atoms with Crippen molar-refractivity contribution in [3.05, 3.63) is 85.1 Å². The van der Waals surface area contributed by atoms with Crippen LogP contribution in [0, 0.1) is 0 Å². The number of amides is 1. The highest BCUT2D eigenvalue weighted by molar-refractivity contribution is 7.45. The van der Waals surface area contributed by atoms with E-state index >= 15 is 0 Å². The molecule has 0 spiro atoms. The van der Waals surface area contributed by atoms with Gasteiger partial charge < -0.3 is 28.8 Å². The van der Waals surface area contributed by atoms with Crippen LogP contribution >= 0.6 is 7.82 Å². The Bertz CT molecular complexity index is 1580. The summed E-state index contributed by atoms with van der Waals surface area (Å²) >= 11 is 0. The van der Waals surface area contributed by atoms with E-state index in [4.69, 9.17) is 9.05 Å². The zero-order chi connectivity index (χ0) is 58.4. The van der Waals surface area contributed by atoms with E-state index in [1.807, 2.05) is 27.2 Å². The predicted molar refractivity (Wildman–Crippen MR) is 348 cm³/mol. The molecule has 0 aliphatic heterocycles. The summed E-state index contributed by atoms with van der Waals surface area (Å²) in [6, 6.07) is -0.899. The van der Waals surface area contributed by atoms with Crippen LogP contribution < -0.4 is 10.2 Å². The van der Waals surface area contributed by atoms with Crippen LogP contribution in [0.3, 0.4) is 0 Å². The van der Waals surface area contributed by atoms with Crippen molar-refractivity contribution in [1.82, 2.24) is 5.32 Å². The van der Waals surface area contributed by atoms with Crippen LogP contribution in [0.2, 0.25) is 0 Å². The molecule has 3 atom stereocenters. The van der Waals surface area contributed by atoms with Crippen molar-refractivity contribution in [2.75, 3.05) is 40.9 Å². The summed E-state index contributed by atoms with van der Waals surface area (Å²) in [6.45, 7) is 4.56. The molecule has 0 aliphatic carbocycles. The molecule has 2 N–H and O–H groups in total. The lowest BCUT2D eigenvalue weighted by Crippen LogP contribution is -2.45. The number of rotatable bonds is 62. The van der Waals surface area contributed by atoms with Gasteiger partial charge in [0.1, 0.15) is 13.2 Å². The number of carbonyl (C=O) groups is 1. The summed E-state index contributed by atoms with van der Waals surface area (Å²) in [5.74, 6) is -0.206. The number of allylic oxidation sites excluding steroid dienone is 13. The molecule has 8 nitrogen and oxygen atoms in total. The van der Waals surface area contributed by atoms with E-state index in [9.17, 15) is 19.4 Å². The number of hydrogen-bond donors (Lipinski definition) is 2. The fraction of sp³-hybridized carbons (Fsp3) is 0.789. The summed E-state index contributed by atoms with van der Waals surface area (Å²) in [6.07, 6.45) is 86.9. The lowest BCUT2D eigenvalue weighted by molar-refractivity contribution is -0.870. The first-order chi connectivity index (χ1) is 39.0. The Labute approximate surface area is 497 Å². The molecule has 9 heteroatoms. The highest BCUT2D eigenvalue weighted by Gasteiger charge is 2.23. The van der Waals surface area contributed by atoms with Gasteiger partial charge >= 0.3 is 0 Å². The highest BCUT2D eigenvalue weighted by Crippen LogP contribution is 2.38. The number of quaternary nitrogens is 1. The number of phosphoric ester groups is 1. The van der Waals surface area contributed by atoms with Crippen LogP contribution in [0.15, 0.2) is 85.1 Å². The molecule has 3 unspecified atom stereocenters. The summed E-state index contributed by atoms with van der Waals surface area (Å²) in [5, 5.41) is 14.0. The second kappa shape index (κ2) is 61.2. The second-order valence-electron chi connectivity index (χ2n) is 24.2. The zero-order valence-corrected chi connectivity index (χ0v) is 54.2. The molecule has 466 valence electrons. The number of unbranched alkanes of at least 4 members (excludes halogenated alkanes) is 37. The van der Waals surface area contributed by atoms with E-state index in [0.29, 0.717) is 17.4 Å². The van der Waals surface area contributed by atoms with Crippen LogP contribution in [-0.2, 0) is 18.4 Å². The van der Waals surface area contributed by atoms with Gasteiger partial charge in [-0.2, -0.15) is 0 Å². The minimum Gasteiger partial charge on any atom is -0.756 e. The first-order valence-corrected chi connectivity index (χ1v) is 35.4. The van der Waals surface area contributed by atoms with Gasteiger partial charge in [-0.05, 0) is 70.6 Å². The van der Waals surface area contributed by atoms with Crippen LogP contribution in [-0.4, -0.2) is 68.5 Å². The largest absolute Gasteiger partial charge is 0.756 e. The molecule has 0 rings (SSSR count).